The van der Waals surface area contributed by atoms with E-state index in [0.717, 1.165) is 0 Å². The number of aliphatic hydroxyl groups is 1. The van der Waals surface area contributed by atoms with Gasteiger partial charge < -0.3 is 36.0 Å². The summed E-state index contributed by atoms with van der Waals surface area (Å²) >= 11 is 0. The first-order chi connectivity index (χ1) is 9.48. The lowest BCUT2D eigenvalue weighted by Gasteiger charge is -1.99. The van der Waals surface area contributed by atoms with Crippen LogP contribution in [0.3, 0.4) is 0 Å². The van der Waals surface area contributed by atoms with Gasteiger partial charge in [-0.05, 0) is 0 Å². The van der Waals surface area contributed by atoms with Gasteiger partial charge in [0, 0.05) is 13.0 Å². The maximum atomic E-state index is 10.2. The summed E-state index contributed by atoms with van der Waals surface area (Å²) in [6, 6.07) is -0.542. The van der Waals surface area contributed by atoms with Crippen LogP contribution in [0.2, 0.25) is 0 Å². The zero-order valence-electron chi connectivity index (χ0n) is 10.3. The molecule has 1 aliphatic rings. The number of nitrogens with one attached hydrogen (secondary N) is 1. The highest BCUT2D eigenvalue weighted by atomic mass is 16.4. The molecule has 0 amide bonds. The van der Waals surface area contributed by atoms with E-state index in [-0.39, 0.29) is 0 Å². The van der Waals surface area contributed by atoms with E-state index in [0.29, 0.717) is 13.0 Å². The molecule has 0 radical (unpaired) electrons. The molecule has 0 aromatic rings. The van der Waals surface area contributed by atoms with Crippen molar-refractivity contribution in [2.45, 2.75) is 18.6 Å². The molecule has 0 saturated carbocycles. The highest BCUT2D eigenvalue weighted by molar-refractivity contribution is 6.27. The number of aliphatic hydroxyl groups excluding tert-OH is 1. The second-order valence-corrected chi connectivity index (χ2v) is 3.41. The van der Waals surface area contributed by atoms with Crippen LogP contribution in [0.25, 0.3) is 0 Å². The van der Waals surface area contributed by atoms with Gasteiger partial charge in [0.2, 0.25) is 0 Å². The zero-order chi connectivity index (χ0) is 17.2. The molecule has 0 unspecified atom stereocenters. The van der Waals surface area contributed by atoms with Crippen LogP contribution >= 0.6 is 0 Å². The van der Waals surface area contributed by atoms with E-state index >= 15 is 0 Å². The standard InChI is InChI=1S/C5H9NO3.2C2H2O4/c7-3-1-4(5(8)9)6-2-3;2*3-1(4)2(5)6/h3-4,6-7H,1-2H2,(H,8,9);2*(H,3,4)(H,5,6)/t3-,4+;;/m1../s1. The lowest BCUT2D eigenvalue weighted by atomic mass is 10.2. The Kier molecular flexibility index (Phi) is 9.91. The average molecular weight is 311 g/mol. The second kappa shape index (κ2) is 10.1. The molecule has 1 rings (SSSR count). The molecule has 12 nitrogen and oxygen atoms in total. The maximum absolute atomic E-state index is 10.2. The Hall–Kier alpha value is -2.73. The highest BCUT2D eigenvalue weighted by Gasteiger charge is 2.27. The fraction of sp³-hybridized carbons (Fsp3) is 0.444. The van der Waals surface area contributed by atoms with Crippen molar-refractivity contribution in [3.05, 3.63) is 0 Å². The molecule has 2 atom stereocenters. The Morgan fingerprint density at radius 1 is 0.762 bits per heavy atom. The number of carbonyl (C=O) groups is 5. The average Bonchev–Trinajstić information content (AvgIpc) is 2.77. The molecule has 12 heteroatoms. The lowest BCUT2D eigenvalue weighted by molar-refractivity contribution is -0.159. The number of rotatable bonds is 1. The number of carboxylic acid groups (broad SMARTS) is 5. The third kappa shape index (κ3) is 12.1. The molecular weight excluding hydrogens is 298 g/mol. The van der Waals surface area contributed by atoms with Gasteiger partial charge in [-0.2, -0.15) is 0 Å². The smallest absolute Gasteiger partial charge is 0.414 e. The summed E-state index contributed by atoms with van der Waals surface area (Å²) in [5.74, 6) is -8.18. The highest BCUT2D eigenvalue weighted by Crippen LogP contribution is 2.05. The van der Waals surface area contributed by atoms with Crippen molar-refractivity contribution in [1.82, 2.24) is 5.32 Å². The quantitative estimate of drug-likeness (QED) is 0.242. The summed E-state index contributed by atoms with van der Waals surface area (Å²) in [6.07, 6.45) is -0.152. The first-order valence-corrected chi connectivity index (χ1v) is 5.05. The van der Waals surface area contributed by atoms with Crippen LogP contribution in [0, 0.1) is 0 Å². The van der Waals surface area contributed by atoms with Crippen molar-refractivity contribution in [2.24, 2.45) is 0 Å². The van der Waals surface area contributed by atoms with Crippen LogP contribution in [0.5, 0.6) is 0 Å². The summed E-state index contributed by atoms with van der Waals surface area (Å²) in [4.78, 5) is 46.6. The second-order valence-electron chi connectivity index (χ2n) is 3.41. The SMILES string of the molecule is O=C(O)C(=O)O.O=C(O)C(=O)O.O=C(O)[C@@H]1C[C@@H](O)CN1. The molecule has 0 aromatic carbocycles. The van der Waals surface area contributed by atoms with Gasteiger partial charge in [-0.25, -0.2) is 19.2 Å². The Bertz CT molecular complexity index is 370. The number of hydrogen-bond donors (Lipinski definition) is 7. The first kappa shape index (κ1) is 20.6. The van der Waals surface area contributed by atoms with Crippen molar-refractivity contribution in [2.75, 3.05) is 6.54 Å². The van der Waals surface area contributed by atoms with Crippen molar-refractivity contribution in [3.8, 4) is 0 Å². The molecule has 7 N–H and O–H groups in total. The summed E-state index contributed by atoms with van der Waals surface area (Å²) in [5.41, 5.74) is 0. The summed E-state index contributed by atoms with van der Waals surface area (Å²) in [6.45, 7) is 0.400. The van der Waals surface area contributed by atoms with Gasteiger partial charge >= 0.3 is 29.8 Å². The van der Waals surface area contributed by atoms with Gasteiger partial charge in [0.25, 0.3) is 0 Å². The van der Waals surface area contributed by atoms with Gasteiger partial charge in [-0.1, -0.05) is 0 Å². The minimum Gasteiger partial charge on any atom is -0.480 e. The van der Waals surface area contributed by atoms with E-state index < -0.39 is 42.0 Å². The molecule has 1 aliphatic heterocycles. The lowest BCUT2D eigenvalue weighted by Crippen LogP contribution is -2.29. The van der Waals surface area contributed by atoms with E-state index in [1.165, 1.54) is 0 Å². The Labute approximate surface area is 116 Å². The monoisotopic (exact) mass is 311 g/mol. The molecule has 120 valence electrons. The molecular formula is C9H13NO11. The Balaban J connectivity index is 0. The molecule has 0 spiro atoms. The van der Waals surface area contributed by atoms with Gasteiger partial charge in [-0.3, -0.25) is 4.79 Å². The number of aliphatic carboxylic acids is 5. The van der Waals surface area contributed by atoms with E-state index in [9.17, 15) is 4.79 Å². The van der Waals surface area contributed by atoms with Gasteiger partial charge in [0.1, 0.15) is 6.04 Å². The van der Waals surface area contributed by atoms with E-state index in [4.69, 9.17) is 49.8 Å². The van der Waals surface area contributed by atoms with Crippen LogP contribution in [0.15, 0.2) is 0 Å². The summed E-state index contributed by atoms with van der Waals surface area (Å²) < 4.78 is 0. The fourth-order valence-corrected chi connectivity index (χ4v) is 0.905. The van der Waals surface area contributed by atoms with Crippen molar-refractivity contribution in [3.63, 3.8) is 0 Å². The van der Waals surface area contributed by atoms with Crippen LogP contribution in [-0.2, 0) is 24.0 Å². The number of carboxylic acids is 5. The zero-order valence-corrected chi connectivity index (χ0v) is 10.3. The number of β-amino-alcohol motifs (C(OH)–C–C–N with tert-alkyl or cyclic N) is 1. The van der Waals surface area contributed by atoms with Gasteiger partial charge in [0.15, 0.2) is 0 Å². The van der Waals surface area contributed by atoms with E-state index in [1.807, 2.05) is 0 Å². The van der Waals surface area contributed by atoms with E-state index in [1.54, 1.807) is 0 Å². The third-order valence-corrected chi connectivity index (χ3v) is 1.77. The maximum Gasteiger partial charge on any atom is 0.414 e. The molecule has 0 bridgehead atoms. The predicted octanol–water partition coefficient (Wildman–Crippen LogP) is -2.89. The van der Waals surface area contributed by atoms with Crippen LogP contribution < -0.4 is 5.32 Å². The van der Waals surface area contributed by atoms with Crippen molar-refractivity contribution >= 4 is 29.8 Å². The molecule has 1 fully saturated rings. The Morgan fingerprint density at radius 3 is 1.19 bits per heavy atom. The molecule has 0 aliphatic carbocycles. The van der Waals surface area contributed by atoms with Gasteiger partial charge in [-0.15, -0.1) is 0 Å². The predicted molar refractivity (Wildman–Crippen MR) is 60.6 cm³/mol. The molecule has 1 saturated heterocycles. The largest absolute Gasteiger partial charge is 0.480 e. The van der Waals surface area contributed by atoms with Crippen LogP contribution in [0.1, 0.15) is 6.42 Å². The van der Waals surface area contributed by atoms with Crippen LogP contribution in [-0.4, -0.2) is 79.2 Å². The van der Waals surface area contributed by atoms with Crippen LogP contribution in [0.4, 0.5) is 0 Å². The van der Waals surface area contributed by atoms with Crippen molar-refractivity contribution in [1.29, 1.82) is 0 Å². The fourth-order valence-electron chi connectivity index (χ4n) is 0.905. The molecule has 21 heavy (non-hydrogen) atoms. The molecule has 0 aromatic heterocycles. The Morgan fingerprint density at radius 2 is 1.10 bits per heavy atom. The molecule has 1 heterocycles. The third-order valence-electron chi connectivity index (χ3n) is 1.77. The van der Waals surface area contributed by atoms with Crippen molar-refractivity contribution < 1.29 is 54.6 Å². The van der Waals surface area contributed by atoms with E-state index in [2.05, 4.69) is 5.32 Å². The summed E-state index contributed by atoms with van der Waals surface area (Å²) in [5, 5.41) is 49.4. The minimum absolute atomic E-state index is 0.329. The number of hydrogen-bond acceptors (Lipinski definition) is 7. The van der Waals surface area contributed by atoms with Gasteiger partial charge in [0.05, 0.1) is 6.10 Å². The first-order valence-electron chi connectivity index (χ1n) is 5.05. The minimum atomic E-state index is -1.82. The topological polar surface area (TPSA) is 219 Å². The summed E-state index contributed by atoms with van der Waals surface area (Å²) in [7, 11) is 0. The normalized spacial score (nSPS) is 19.1.